The average molecular weight is 254 g/mol. The summed E-state index contributed by atoms with van der Waals surface area (Å²) in [5.74, 6) is -0.000729. The fraction of sp³-hybridized carbons (Fsp3) is 0.0769. The van der Waals surface area contributed by atoms with Crippen molar-refractivity contribution in [2.24, 2.45) is 10.3 Å². The summed E-state index contributed by atoms with van der Waals surface area (Å²) in [4.78, 5) is 21.2. The Morgan fingerprint density at radius 2 is 1.84 bits per heavy atom. The van der Waals surface area contributed by atoms with E-state index in [-0.39, 0.29) is 5.91 Å². The number of carbonyl (C=O) groups is 1. The quantitative estimate of drug-likeness (QED) is 0.843. The molecular weight excluding hydrogens is 244 g/mol. The molecule has 0 aliphatic carbocycles. The van der Waals surface area contributed by atoms with Gasteiger partial charge >= 0.3 is 0 Å². The van der Waals surface area contributed by atoms with Crippen LogP contribution in [0.3, 0.4) is 0 Å². The summed E-state index contributed by atoms with van der Waals surface area (Å²) in [6, 6.07) is 13.8. The maximum Gasteiger partial charge on any atom is 0.298 e. The van der Waals surface area contributed by atoms with Gasteiger partial charge < -0.3 is 4.84 Å². The van der Waals surface area contributed by atoms with Crippen molar-refractivity contribution in [3.05, 3.63) is 60.3 Å². The molecule has 6 nitrogen and oxygen atoms in total. The van der Waals surface area contributed by atoms with Gasteiger partial charge in [-0.2, -0.15) is 0 Å². The van der Waals surface area contributed by atoms with Crippen LogP contribution < -0.4 is 4.84 Å². The van der Waals surface area contributed by atoms with Crippen molar-refractivity contribution in [2.75, 3.05) is 0 Å². The molecule has 2 heterocycles. The summed E-state index contributed by atoms with van der Waals surface area (Å²) in [5.41, 5.74) is 0.772. The number of nitrogens with zero attached hydrogens (tertiary/aromatic N) is 4. The number of hydrogen-bond donors (Lipinski definition) is 0. The molecule has 0 N–H and O–H groups in total. The lowest BCUT2D eigenvalue weighted by Crippen LogP contribution is -2.27. The molecule has 0 fully saturated rings. The van der Waals surface area contributed by atoms with Crippen molar-refractivity contribution in [3.63, 3.8) is 0 Å². The highest BCUT2D eigenvalue weighted by Gasteiger charge is 2.34. The molecule has 1 aromatic heterocycles. The topological polar surface area (TPSA) is 67.2 Å². The van der Waals surface area contributed by atoms with Crippen LogP contribution in [-0.2, 0) is 4.79 Å². The molecule has 19 heavy (non-hydrogen) atoms. The Balaban J connectivity index is 1.85. The number of benzene rings is 1. The van der Waals surface area contributed by atoms with E-state index in [9.17, 15) is 4.79 Å². The van der Waals surface area contributed by atoms with Gasteiger partial charge in [-0.05, 0) is 16.9 Å². The Morgan fingerprint density at radius 1 is 1.05 bits per heavy atom. The van der Waals surface area contributed by atoms with Crippen LogP contribution in [0.25, 0.3) is 0 Å². The zero-order valence-corrected chi connectivity index (χ0v) is 9.88. The van der Waals surface area contributed by atoms with Crippen LogP contribution in [-0.4, -0.2) is 16.1 Å². The Hall–Kier alpha value is -2.76. The Morgan fingerprint density at radius 3 is 2.58 bits per heavy atom. The molecule has 0 bridgehead atoms. The largest absolute Gasteiger partial charge is 0.340 e. The van der Waals surface area contributed by atoms with Gasteiger partial charge in [0.05, 0.1) is 0 Å². The van der Waals surface area contributed by atoms with Crippen LogP contribution >= 0.6 is 0 Å². The second-order valence-electron chi connectivity index (χ2n) is 3.90. The molecule has 1 unspecified atom stereocenters. The van der Waals surface area contributed by atoms with Crippen LogP contribution in [0.1, 0.15) is 11.6 Å². The SMILES string of the molecule is O=C1N=NN(Oc2ccccn2)C1c1ccccc1. The molecule has 6 heteroatoms. The number of carbonyl (C=O) groups excluding carboxylic acids is 1. The molecule has 1 aliphatic heterocycles. The Labute approximate surface area is 109 Å². The number of rotatable bonds is 3. The number of aromatic nitrogens is 1. The van der Waals surface area contributed by atoms with Gasteiger partial charge in [0, 0.05) is 12.3 Å². The monoisotopic (exact) mass is 254 g/mol. The molecule has 1 amide bonds. The molecule has 2 aromatic rings. The zero-order chi connectivity index (χ0) is 13.1. The van der Waals surface area contributed by atoms with Crippen molar-refractivity contribution >= 4 is 5.91 Å². The van der Waals surface area contributed by atoms with Crippen LogP contribution in [0.5, 0.6) is 5.88 Å². The van der Waals surface area contributed by atoms with Crippen LogP contribution in [0.4, 0.5) is 0 Å². The standard InChI is InChI=1S/C13H10N4O2/c18-13-12(10-6-2-1-3-7-10)17(16-15-13)19-11-8-4-5-9-14-11/h1-9,12H. The van der Waals surface area contributed by atoms with Crippen molar-refractivity contribution in [1.82, 2.24) is 10.2 Å². The molecular formula is C13H10N4O2. The second kappa shape index (κ2) is 4.85. The van der Waals surface area contributed by atoms with E-state index in [1.165, 1.54) is 5.17 Å². The van der Waals surface area contributed by atoms with Crippen LogP contribution in [0.15, 0.2) is 65.1 Å². The maximum atomic E-state index is 11.8. The lowest BCUT2D eigenvalue weighted by Gasteiger charge is -2.19. The highest BCUT2D eigenvalue weighted by atomic mass is 16.7. The molecule has 0 saturated heterocycles. The summed E-state index contributed by atoms with van der Waals surface area (Å²) < 4.78 is 0. The average Bonchev–Trinajstić information content (AvgIpc) is 2.82. The van der Waals surface area contributed by atoms with E-state index in [1.54, 1.807) is 24.4 Å². The van der Waals surface area contributed by atoms with E-state index in [2.05, 4.69) is 15.3 Å². The van der Waals surface area contributed by atoms with Gasteiger partial charge in [-0.25, -0.2) is 4.98 Å². The van der Waals surface area contributed by atoms with Gasteiger partial charge in [-0.15, -0.1) is 0 Å². The predicted molar refractivity (Wildman–Crippen MR) is 65.8 cm³/mol. The summed E-state index contributed by atoms with van der Waals surface area (Å²) in [7, 11) is 0. The van der Waals surface area contributed by atoms with Crippen molar-refractivity contribution in [1.29, 1.82) is 0 Å². The minimum Gasteiger partial charge on any atom is -0.340 e. The fourth-order valence-corrected chi connectivity index (χ4v) is 1.76. The molecule has 3 rings (SSSR count). The van der Waals surface area contributed by atoms with Crippen LogP contribution in [0.2, 0.25) is 0 Å². The molecule has 1 aromatic carbocycles. The smallest absolute Gasteiger partial charge is 0.298 e. The van der Waals surface area contributed by atoms with Gasteiger partial charge in [0.1, 0.15) is 0 Å². The Bertz CT molecular complexity index is 601. The number of pyridine rings is 1. The van der Waals surface area contributed by atoms with Crippen molar-refractivity contribution in [2.45, 2.75) is 6.04 Å². The zero-order valence-electron chi connectivity index (χ0n) is 9.88. The number of hydrogen-bond acceptors (Lipinski definition) is 5. The fourth-order valence-electron chi connectivity index (χ4n) is 1.76. The lowest BCUT2D eigenvalue weighted by atomic mass is 10.1. The first kappa shape index (κ1) is 11.3. The first-order valence-electron chi connectivity index (χ1n) is 5.73. The van der Waals surface area contributed by atoms with Crippen molar-refractivity contribution in [3.8, 4) is 5.88 Å². The van der Waals surface area contributed by atoms with E-state index >= 15 is 0 Å². The minimum atomic E-state index is -0.664. The molecule has 0 radical (unpaired) electrons. The normalized spacial score (nSPS) is 17.8. The van der Waals surface area contributed by atoms with Gasteiger partial charge in [-0.3, -0.25) is 4.79 Å². The van der Waals surface area contributed by atoms with E-state index < -0.39 is 6.04 Å². The third-order valence-electron chi connectivity index (χ3n) is 2.63. The van der Waals surface area contributed by atoms with Crippen molar-refractivity contribution < 1.29 is 9.63 Å². The highest BCUT2D eigenvalue weighted by Crippen LogP contribution is 2.28. The van der Waals surface area contributed by atoms with E-state index in [0.717, 1.165) is 5.56 Å². The van der Waals surface area contributed by atoms with E-state index in [1.807, 2.05) is 30.3 Å². The predicted octanol–water partition coefficient (Wildman–Crippen LogP) is 2.33. The molecule has 0 spiro atoms. The summed E-state index contributed by atoms with van der Waals surface area (Å²) in [6.45, 7) is 0. The first-order valence-corrected chi connectivity index (χ1v) is 5.73. The summed E-state index contributed by atoms with van der Waals surface area (Å²) in [6.07, 6.45) is 1.60. The van der Waals surface area contributed by atoms with E-state index in [0.29, 0.717) is 5.88 Å². The lowest BCUT2D eigenvalue weighted by molar-refractivity contribution is -0.133. The third-order valence-corrected chi connectivity index (χ3v) is 2.63. The minimum absolute atomic E-state index is 0.358. The summed E-state index contributed by atoms with van der Waals surface area (Å²) in [5, 5.41) is 8.41. The summed E-state index contributed by atoms with van der Waals surface area (Å²) >= 11 is 0. The van der Waals surface area contributed by atoms with Gasteiger partial charge in [0.2, 0.25) is 5.88 Å². The third kappa shape index (κ3) is 2.28. The van der Waals surface area contributed by atoms with Crippen LogP contribution in [0, 0.1) is 0 Å². The molecule has 94 valence electrons. The number of hydroxylamine groups is 1. The van der Waals surface area contributed by atoms with E-state index in [4.69, 9.17) is 4.84 Å². The molecule has 0 saturated carbocycles. The Kier molecular flexibility index (Phi) is 2.89. The molecule has 1 aliphatic rings. The molecule has 1 atom stereocenters. The second-order valence-corrected chi connectivity index (χ2v) is 3.90. The highest BCUT2D eigenvalue weighted by molar-refractivity contribution is 5.84. The van der Waals surface area contributed by atoms with Gasteiger partial charge in [-0.1, -0.05) is 46.7 Å². The first-order chi connectivity index (χ1) is 9.34. The van der Waals surface area contributed by atoms with Gasteiger partial charge in [0.15, 0.2) is 6.04 Å². The maximum absolute atomic E-state index is 11.8. The number of amides is 1. The van der Waals surface area contributed by atoms with Gasteiger partial charge in [0.25, 0.3) is 5.91 Å².